The first-order valence-corrected chi connectivity index (χ1v) is 12.8. The highest BCUT2D eigenvalue weighted by Gasteiger charge is 2.17. The Morgan fingerprint density at radius 2 is 1.71 bits per heavy atom. The van der Waals surface area contributed by atoms with Gasteiger partial charge >= 0.3 is 5.97 Å². The van der Waals surface area contributed by atoms with Gasteiger partial charge in [-0.05, 0) is 55.0 Å². The maximum atomic E-state index is 12.5. The van der Waals surface area contributed by atoms with E-state index in [4.69, 9.17) is 9.73 Å². The molecule has 1 atom stereocenters. The fraction of sp³-hybridized carbons (Fsp3) is 0.481. The first-order chi connectivity index (χ1) is 15.2. The van der Waals surface area contributed by atoms with E-state index in [1.165, 1.54) is 50.5 Å². The number of benzene rings is 2. The Hall–Kier alpha value is -2.07. The van der Waals surface area contributed by atoms with Crippen molar-refractivity contribution in [2.24, 2.45) is 10.9 Å². The SMILES string of the molecule is CCCCCCCc1ccc(OC(=O)c2ccc(C3=NCC(CCC)CS3)cc2)cc1. The number of ether oxygens (including phenoxy) is 1. The van der Waals surface area contributed by atoms with Gasteiger partial charge in [-0.15, -0.1) is 11.8 Å². The van der Waals surface area contributed by atoms with Gasteiger partial charge in [0.1, 0.15) is 5.75 Å². The van der Waals surface area contributed by atoms with Gasteiger partial charge in [-0.3, -0.25) is 4.99 Å². The van der Waals surface area contributed by atoms with Crippen molar-refractivity contribution in [3.63, 3.8) is 0 Å². The van der Waals surface area contributed by atoms with Gasteiger partial charge in [0.25, 0.3) is 0 Å². The summed E-state index contributed by atoms with van der Waals surface area (Å²) in [5, 5.41) is 1.08. The molecule has 2 aromatic rings. The molecule has 3 nitrogen and oxygen atoms in total. The zero-order valence-electron chi connectivity index (χ0n) is 18.9. The molecule has 1 heterocycles. The molecule has 2 aromatic carbocycles. The van der Waals surface area contributed by atoms with Gasteiger partial charge in [-0.1, -0.05) is 70.2 Å². The quantitative estimate of drug-likeness (QED) is 0.210. The molecule has 0 saturated carbocycles. The molecule has 31 heavy (non-hydrogen) atoms. The lowest BCUT2D eigenvalue weighted by Gasteiger charge is -2.20. The third kappa shape index (κ3) is 7.53. The number of carbonyl (C=O) groups is 1. The minimum Gasteiger partial charge on any atom is -0.423 e. The number of hydrogen-bond acceptors (Lipinski definition) is 4. The molecule has 0 aliphatic carbocycles. The van der Waals surface area contributed by atoms with Crippen molar-refractivity contribution in [2.45, 2.75) is 65.2 Å². The first kappa shape index (κ1) is 23.6. The molecule has 1 unspecified atom stereocenters. The van der Waals surface area contributed by atoms with Crippen LogP contribution in [0.25, 0.3) is 0 Å². The van der Waals surface area contributed by atoms with Crippen molar-refractivity contribution in [3.8, 4) is 5.75 Å². The summed E-state index contributed by atoms with van der Waals surface area (Å²) in [5.41, 5.74) is 2.95. The summed E-state index contributed by atoms with van der Waals surface area (Å²) in [6.45, 7) is 5.38. The molecular formula is C27H35NO2S. The lowest BCUT2D eigenvalue weighted by atomic mass is 10.1. The Morgan fingerprint density at radius 1 is 0.968 bits per heavy atom. The van der Waals surface area contributed by atoms with Crippen molar-refractivity contribution in [3.05, 3.63) is 65.2 Å². The molecule has 0 aromatic heterocycles. The van der Waals surface area contributed by atoms with Crippen LogP contribution in [0.2, 0.25) is 0 Å². The second-order valence-electron chi connectivity index (χ2n) is 8.39. The lowest BCUT2D eigenvalue weighted by molar-refractivity contribution is 0.0734. The molecule has 1 aliphatic rings. The van der Waals surface area contributed by atoms with E-state index in [2.05, 4.69) is 26.0 Å². The van der Waals surface area contributed by atoms with Crippen LogP contribution in [0.5, 0.6) is 5.75 Å². The summed E-state index contributed by atoms with van der Waals surface area (Å²) >= 11 is 1.83. The molecule has 0 saturated heterocycles. The van der Waals surface area contributed by atoms with Gasteiger partial charge in [0.05, 0.1) is 10.6 Å². The predicted octanol–water partition coefficient (Wildman–Crippen LogP) is 7.33. The highest BCUT2D eigenvalue weighted by Crippen LogP contribution is 2.25. The molecule has 0 amide bonds. The van der Waals surface area contributed by atoms with E-state index in [0.29, 0.717) is 17.2 Å². The van der Waals surface area contributed by atoms with Crippen molar-refractivity contribution in [2.75, 3.05) is 12.3 Å². The summed E-state index contributed by atoms with van der Waals surface area (Å²) in [6.07, 6.45) is 9.96. The third-order valence-corrected chi connectivity index (χ3v) is 6.99. The number of aryl methyl sites for hydroxylation is 1. The summed E-state index contributed by atoms with van der Waals surface area (Å²) in [6, 6.07) is 15.6. The van der Waals surface area contributed by atoms with Crippen LogP contribution in [-0.2, 0) is 6.42 Å². The van der Waals surface area contributed by atoms with Crippen LogP contribution in [0.3, 0.4) is 0 Å². The number of aliphatic imine (C=N–C) groups is 1. The second kappa shape index (κ2) is 12.7. The van der Waals surface area contributed by atoms with E-state index < -0.39 is 0 Å². The fourth-order valence-corrected chi connectivity index (χ4v) is 4.97. The van der Waals surface area contributed by atoms with Gasteiger partial charge in [0.15, 0.2) is 0 Å². The van der Waals surface area contributed by atoms with E-state index in [-0.39, 0.29) is 5.97 Å². The van der Waals surface area contributed by atoms with Crippen LogP contribution < -0.4 is 4.74 Å². The zero-order chi connectivity index (χ0) is 21.9. The van der Waals surface area contributed by atoms with Crippen molar-refractivity contribution < 1.29 is 9.53 Å². The van der Waals surface area contributed by atoms with Gasteiger partial charge in [-0.25, -0.2) is 4.79 Å². The highest BCUT2D eigenvalue weighted by atomic mass is 32.2. The van der Waals surface area contributed by atoms with Crippen LogP contribution in [-0.4, -0.2) is 23.3 Å². The Bertz CT molecular complexity index is 843. The van der Waals surface area contributed by atoms with Crippen molar-refractivity contribution >= 4 is 22.8 Å². The van der Waals surface area contributed by atoms with Gasteiger partial charge in [-0.2, -0.15) is 0 Å². The average Bonchev–Trinajstić information content (AvgIpc) is 2.81. The molecule has 166 valence electrons. The molecule has 0 spiro atoms. The highest BCUT2D eigenvalue weighted by molar-refractivity contribution is 8.14. The second-order valence-corrected chi connectivity index (χ2v) is 9.40. The fourth-order valence-electron chi connectivity index (χ4n) is 3.84. The summed E-state index contributed by atoms with van der Waals surface area (Å²) in [4.78, 5) is 17.3. The Kier molecular flexibility index (Phi) is 9.67. The van der Waals surface area contributed by atoms with E-state index in [1.54, 1.807) is 0 Å². The van der Waals surface area contributed by atoms with E-state index >= 15 is 0 Å². The van der Waals surface area contributed by atoms with Crippen molar-refractivity contribution in [1.29, 1.82) is 0 Å². The molecule has 0 N–H and O–H groups in total. The molecule has 4 heteroatoms. The minimum absolute atomic E-state index is 0.319. The number of carbonyl (C=O) groups excluding carboxylic acids is 1. The average molecular weight is 438 g/mol. The summed E-state index contributed by atoms with van der Waals surface area (Å²) < 4.78 is 5.56. The number of thioether (sulfide) groups is 1. The zero-order valence-corrected chi connectivity index (χ0v) is 19.8. The van der Waals surface area contributed by atoms with Gasteiger partial charge < -0.3 is 4.74 Å². The largest absolute Gasteiger partial charge is 0.423 e. The lowest BCUT2D eigenvalue weighted by Crippen LogP contribution is -2.16. The van der Waals surface area contributed by atoms with Crippen LogP contribution >= 0.6 is 11.8 Å². The normalized spacial score (nSPS) is 16.1. The molecule has 3 rings (SSSR count). The number of esters is 1. The molecule has 0 radical (unpaired) electrons. The minimum atomic E-state index is -0.319. The smallest absolute Gasteiger partial charge is 0.343 e. The predicted molar refractivity (Wildman–Crippen MR) is 133 cm³/mol. The molecule has 1 aliphatic heterocycles. The monoisotopic (exact) mass is 437 g/mol. The van der Waals surface area contributed by atoms with E-state index in [9.17, 15) is 4.79 Å². The third-order valence-electron chi connectivity index (χ3n) is 5.72. The summed E-state index contributed by atoms with van der Waals surface area (Å²) in [5.74, 6) is 2.10. The molecule has 0 fully saturated rings. The Labute approximate surface area is 191 Å². The maximum absolute atomic E-state index is 12.5. The number of unbranched alkanes of at least 4 members (excludes halogenated alkanes) is 4. The van der Waals surface area contributed by atoms with Crippen LogP contribution in [0.15, 0.2) is 53.5 Å². The molecule has 0 bridgehead atoms. The maximum Gasteiger partial charge on any atom is 0.343 e. The van der Waals surface area contributed by atoms with Gasteiger partial charge in [0.2, 0.25) is 0 Å². The van der Waals surface area contributed by atoms with Crippen molar-refractivity contribution in [1.82, 2.24) is 0 Å². The topological polar surface area (TPSA) is 38.7 Å². The first-order valence-electron chi connectivity index (χ1n) is 11.8. The Balaban J connectivity index is 1.49. The number of hydrogen-bond donors (Lipinski definition) is 0. The van der Waals surface area contributed by atoms with Crippen LogP contribution in [0.4, 0.5) is 0 Å². The summed E-state index contributed by atoms with van der Waals surface area (Å²) in [7, 11) is 0. The molecular weight excluding hydrogens is 402 g/mol. The van der Waals surface area contributed by atoms with Crippen LogP contribution in [0, 0.1) is 5.92 Å². The standard InChI is InChI=1S/C27H35NO2S/c1-3-5-6-7-8-10-21-11-17-25(18-12-21)30-27(29)24-15-13-23(14-16-24)26-28-19-22(9-4-2)20-31-26/h11-18,22H,3-10,19-20H2,1-2H3. The van der Waals surface area contributed by atoms with E-state index in [1.807, 2.05) is 48.2 Å². The Morgan fingerprint density at radius 3 is 2.35 bits per heavy atom. The number of nitrogens with zero attached hydrogens (tertiary/aromatic N) is 1. The van der Waals surface area contributed by atoms with Crippen LogP contribution in [0.1, 0.15) is 80.3 Å². The van der Waals surface area contributed by atoms with Gasteiger partial charge in [0, 0.05) is 17.9 Å². The van der Waals surface area contributed by atoms with E-state index in [0.717, 1.165) is 29.3 Å². The number of rotatable bonds is 11.